The minimum absolute atomic E-state index is 0.0148. The zero-order valence-electron chi connectivity index (χ0n) is 21.7. The molecule has 0 saturated heterocycles. The Balaban J connectivity index is 1.80. The molecular formula is C29H38N4O2. The van der Waals surface area contributed by atoms with Crippen molar-refractivity contribution in [3.8, 4) is 11.8 Å². The van der Waals surface area contributed by atoms with Crippen LogP contribution in [0.15, 0.2) is 48.0 Å². The van der Waals surface area contributed by atoms with Crippen molar-refractivity contribution in [1.82, 2.24) is 10.2 Å². The molecule has 1 atom stereocenters. The highest BCUT2D eigenvalue weighted by Crippen LogP contribution is 2.36. The molecule has 3 rings (SSSR count). The highest BCUT2D eigenvalue weighted by atomic mass is 16.5. The lowest BCUT2D eigenvalue weighted by Gasteiger charge is -2.20. The van der Waals surface area contributed by atoms with E-state index in [2.05, 4.69) is 54.9 Å². The fourth-order valence-corrected chi connectivity index (χ4v) is 4.59. The number of nitriles is 1. The van der Waals surface area contributed by atoms with Gasteiger partial charge in [0.15, 0.2) is 0 Å². The highest BCUT2D eigenvalue weighted by Gasteiger charge is 2.25. The molecule has 1 N–H and O–H groups in total. The van der Waals surface area contributed by atoms with Crippen LogP contribution in [0.2, 0.25) is 0 Å². The predicted octanol–water partition coefficient (Wildman–Crippen LogP) is 5.33. The lowest BCUT2D eigenvalue weighted by atomic mass is 10.0. The molecule has 1 aliphatic carbocycles. The average molecular weight is 475 g/mol. The standard InChI is InChI=1S/C29H38N4O2/c1-7-33(8-2)17-16-31-27-14-13-25-24(10-9-11-26(25)27)21(5)32-29(34-6)22-12-15-28(35-20(3)4)23(18-22)19-30/h9-12,15,18,20,27,31H,5,7-8,13-14,16-17H2,1-4,6H3. The molecule has 186 valence electrons. The largest absolute Gasteiger partial charge is 0.490 e. The lowest BCUT2D eigenvalue weighted by Crippen LogP contribution is -2.33. The molecule has 6 heteroatoms. The average Bonchev–Trinajstić information content (AvgIpc) is 3.28. The summed E-state index contributed by atoms with van der Waals surface area (Å²) in [5.41, 5.74) is 5.50. The first-order chi connectivity index (χ1) is 16.9. The molecular weight excluding hydrogens is 436 g/mol. The maximum atomic E-state index is 9.58. The zero-order chi connectivity index (χ0) is 25.4. The molecule has 0 spiro atoms. The lowest BCUT2D eigenvalue weighted by molar-refractivity contribution is 0.241. The van der Waals surface area contributed by atoms with Crippen molar-refractivity contribution in [2.24, 2.45) is 4.99 Å². The molecule has 0 fully saturated rings. The molecule has 0 aromatic heterocycles. The summed E-state index contributed by atoms with van der Waals surface area (Å²) in [7, 11) is 1.59. The Bertz CT molecular complexity index is 1100. The Morgan fingerprint density at radius 3 is 2.69 bits per heavy atom. The summed E-state index contributed by atoms with van der Waals surface area (Å²) >= 11 is 0. The Morgan fingerprint density at radius 2 is 2.03 bits per heavy atom. The number of nitrogens with one attached hydrogen (secondary N) is 1. The quantitative estimate of drug-likeness (QED) is 0.352. The molecule has 0 radical (unpaired) electrons. The van der Waals surface area contributed by atoms with Crippen LogP contribution in [0.1, 0.15) is 68.0 Å². The van der Waals surface area contributed by atoms with Gasteiger partial charge in [-0.15, -0.1) is 0 Å². The van der Waals surface area contributed by atoms with Gasteiger partial charge in [-0.3, -0.25) is 0 Å². The first-order valence-corrected chi connectivity index (χ1v) is 12.5. The molecule has 2 aromatic rings. The van der Waals surface area contributed by atoms with Gasteiger partial charge in [0.25, 0.3) is 0 Å². The molecule has 35 heavy (non-hydrogen) atoms. The second-order valence-electron chi connectivity index (χ2n) is 9.00. The highest BCUT2D eigenvalue weighted by molar-refractivity contribution is 5.98. The fraction of sp³-hybridized carbons (Fsp3) is 0.448. The number of benzene rings is 2. The van der Waals surface area contributed by atoms with Crippen molar-refractivity contribution in [2.45, 2.75) is 52.7 Å². The van der Waals surface area contributed by atoms with Crippen LogP contribution in [0.4, 0.5) is 0 Å². The minimum atomic E-state index is -0.0148. The molecule has 2 aromatic carbocycles. The van der Waals surface area contributed by atoms with Gasteiger partial charge in [-0.05, 0) is 69.1 Å². The van der Waals surface area contributed by atoms with Crippen molar-refractivity contribution in [3.05, 3.63) is 70.8 Å². The van der Waals surface area contributed by atoms with E-state index in [4.69, 9.17) is 14.5 Å². The maximum Gasteiger partial charge on any atom is 0.221 e. The molecule has 6 nitrogen and oxygen atoms in total. The van der Waals surface area contributed by atoms with E-state index >= 15 is 0 Å². The smallest absolute Gasteiger partial charge is 0.221 e. The number of fused-ring (bicyclic) bond motifs is 1. The normalized spacial score (nSPS) is 15.3. The molecule has 1 aliphatic rings. The van der Waals surface area contributed by atoms with Gasteiger partial charge >= 0.3 is 0 Å². The van der Waals surface area contributed by atoms with Crippen LogP contribution in [0.25, 0.3) is 5.70 Å². The number of rotatable bonds is 11. The van der Waals surface area contributed by atoms with Crippen molar-refractivity contribution >= 4 is 11.6 Å². The van der Waals surface area contributed by atoms with Gasteiger partial charge in [0.2, 0.25) is 5.90 Å². The van der Waals surface area contributed by atoms with Crippen LogP contribution < -0.4 is 10.1 Å². The van der Waals surface area contributed by atoms with Gasteiger partial charge in [-0.1, -0.05) is 38.6 Å². The number of methoxy groups -OCH3 is 1. The van der Waals surface area contributed by atoms with Crippen molar-refractivity contribution in [2.75, 3.05) is 33.3 Å². The second kappa shape index (κ2) is 12.5. The summed E-state index contributed by atoms with van der Waals surface area (Å²) in [6.45, 7) is 16.7. The first kappa shape index (κ1) is 26.5. The SMILES string of the molecule is C=C(N=C(OC)c1ccc(OC(C)C)c(C#N)c1)c1cccc2c1CCC2NCCN(CC)CC. The van der Waals surface area contributed by atoms with Gasteiger partial charge in [-0.25, -0.2) is 4.99 Å². The van der Waals surface area contributed by atoms with Crippen LogP contribution in [-0.2, 0) is 11.2 Å². The number of likely N-dealkylation sites (N-methyl/N-ethyl adjacent to an activating group) is 1. The molecule has 0 aliphatic heterocycles. The minimum Gasteiger partial charge on any atom is -0.490 e. The predicted molar refractivity (Wildman–Crippen MR) is 143 cm³/mol. The van der Waals surface area contributed by atoms with Crippen molar-refractivity contribution in [3.63, 3.8) is 0 Å². The third-order valence-corrected chi connectivity index (χ3v) is 6.43. The summed E-state index contributed by atoms with van der Waals surface area (Å²) in [4.78, 5) is 7.17. The summed E-state index contributed by atoms with van der Waals surface area (Å²) in [6, 6.07) is 14.3. The number of aliphatic imine (C=N–C) groups is 1. The van der Waals surface area contributed by atoms with Gasteiger partial charge < -0.3 is 19.7 Å². The number of nitrogens with zero attached hydrogens (tertiary/aromatic N) is 3. The summed E-state index contributed by atoms with van der Waals surface area (Å²) in [6.07, 6.45) is 2.05. The number of ether oxygens (including phenoxy) is 2. The summed E-state index contributed by atoms with van der Waals surface area (Å²) < 4.78 is 11.3. The Hall–Kier alpha value is -3.14. The van der Waals surface area contributed by atoms with Crippen molar-refractivity contribution in [1.29, 1.82) is 5.26 Å². The van der Waals surface area contributed by atoms with E-state index in [1.807, 2.05) is 19.9 Å². The molecule has 0 heterocycles. The monoisotopic (exact) mass is 474 g/mol. The van der Waals surface area contributed by atoms with Crippen LogP contribution in [0.3, 0.4) is 0 Å². The summed E-state index contributed by atoms with van der Waals surface area (Å²) in [5, 5.41) is 13.3. The third-order valence-electron chi connectivity index (χ3n) is 6.43. The zero-order valence-corrected chi connectivity index (χ0v) is 21.7. The maximum absolute atomic E-state index is 9.58. The molecule has 0 amide bonds. The molecule has 0 bridgehead atoms. The molecule has 1 unspecified atom stereocenters. The van der Waals surface area contributed by atoms with Crippen LogP contribution in [0, 0.1) is 11.3 Å². The number of hydrogen-bond acceptors (Lipinski definition) is 6. The number of hydrogen-bond donors (Lipinski definition) is 1. The van der Waals surface area contributed by atoms with E-state index < -0.39 is 0 Å². The first-order valence-electron chi connectivity index (χ1n) is 12.5. The van der Waals surface area contributed by atoms with E-state index in [-0.39, 0.29) is 6.10 Å². The van der Waals surface area contributed by atoms with E-state index in [0.29, 0.717) is 34.5 Å². The summed E-state index contributed by atoms with van der Waals surface area (Å²) in [5.74, 6) is 0.980. The van der Waals surface area contributed by atoms with Crippen LogP contribution >= 0.6 is 0 Å². The van der Waals surface area contributed by atoms with Gasteiger partial charge in [0, 0.05) is 30.3 Å². The Labute approximate surface area is 210 Å². The second-order valence-corrected chi connectivity index (χ2v) is 9.00. The van der Waals surface area contributed by atoms with Gasteiger partial charge in [-0.2, -0.15) is 5.26 Å². The van der Waals surface area contributed by atoms with Crippen LogP contribution in [0.5, 0.6) is 5.75 Å². The molecule has 0 saturated carbocycles. The van der Waals surface area contributed by atoms with Crippen LogP contribution in [-0.4, -0.2) is 50.2 Å². The topological polar surface area (TPSA) is 69.9 Å². The van der Waals surface area contributed by atoms with E-state index in [9.17, 15) is 5.26 Å². The third kappa shape index (κ3) is 6.50. The Morgan fingerprint density at radius 1 is 1.26 bits per heavy atom. The van der Waals surface area contributed by atoms with E-state index in [0.717, 1.165) is 44.6 Å². The van der Waals surface area contributed by atoms with Gasteiger partial charge in [0.1, 0.15) is 11.8 Å². The van der Waals surface area contributed by atoms with E-state index in [1.165, 1.54) is 11.1 Å². The fourth-order valence-electron chi connectivity index (χ4n) is 4.59. The van der Waals surface area contributed by atoms with Gasteiger partial charge in [0.05, 0.1) is 24.5 Å². The van der Waals surface area contributed by atoms with E-state index in [1.54, 1.807) is 19.2 Å². The van der Waals surface area contributed by atoms with Crippen molar-refractivity contribution < 1.29 is 9.47 Å². The Kier molecular flexibility index (Phi) is 9.47.